The molecule has 0 heterocycles. The summed E-state index contributed by atoms with van der Waals surface area (Å²) in [6.45, 7) is 11.0. The van der Waals surface area contributed by atoms with Crippen molar-refractivity contribution >= 4 is 0 Å². The minimum absolute atomic E-state index is 0.0840. The summed E-state index contributed by atoms with van der Waals surface area (Å²) in [4.78, 5) is 0. The second kappa shape index (κ2) is 26.2. The van der Waals surface area contributed by atoms with Gasteiger partial charge in [0.15, 0.2) is 0 Å². The number of aliphatic hydroxyl groups excluding tert-OH is 2. The maximum atomic E-state index is 8.94. The topological polar surface area (TPSA) is 58.9 Å². The Balaban J connectivity index is 3.84. The van der Waals surface area contributed by atoms with Gasteiger partial charge in [0.25, 0.3) is 0 Å². The molecule has 0 aromatic heterocycles. The molecule has 198 valence electrons. The van der Waals surface area contributed by atoms with Gasteiger partial charge in [0.1, 0.15) is 13.1 Å². The van der Waals surface area contributed by atoms with E-state index in [-0.39, 0.29) is 13.2 Å². The predicted octanol–water partition coefficient (Wildman–Crippen LogP) is 5.88. The summed E-state index contributed by atoms with van der Waals surface area (Å²) in [5, 5.41) is 17.9. The number of hydrogen-bond donors (Lipinski definition) is 2. The van der Waals surface area contributed by atoms with E-state index >= 15 is 0 Å². The SMILES string of the molecule is CCCCCCCC/C=C\CCCCCCCC[N+](CC)(CCOCCO)CCOCCO. The Hall–Kier alpha value is -0.460. The van der Waals surface area contributed by atoms with Crippen molar-refractivity contribution in [2.45, 2.75) is 104 Å². The van der Waals surface area contributed by atoms with Crippen LogP contribution in [0.15, 0.2) is 12.2 Å². The summed E-state index contributed by atoms with van der Waals surface area (Å²) < 4.78 is 12.1. The van der Waals surface area contributed by atoms with Crippen molar-refractivity contribution in [2.75, 3.05) is 65.8 Å². The minimum atomic E-state index is 0.0840. The average molecular weight is 473 g/mol. The Labute approximate surface area is 206 Å². The smallest absolute Gasteiger partial charge is 0.102 e. The highest BCUT2D eigenvalue weighted by molar-refractivity contribution is 4.81. The summed E-state index contributed by atoms with van der Waals surface area (Å²) >= 11 is 0. The molecule has 0 saturated carbocycles. The fourth-order valence-corrected chi connectivity index (χ4v) is 4.35. The molecule has 0 bridgehead atoms. The lowest BCUT2D eigenvalue weighted by Crippen LogP contribution is -2.52. The maximum absolute atomic E-state index is 8.94. The number of likely N-dealkylation sites (N-methyl/N-ethyl adjacent to an activating group) is 1. The van der Waals surface area contributed by atoms with Crippen molar-refractivity contribution in [3.8, 4) is 0 Å². The van der Waals surface area contributed by atoms with Crippen molar-refractivity contribution in [1.82, 2.24) is 0 Å². The van der Waals surface area contributed by atoms with E-state index in [0.717, 1.165) is 30.7 Å². The van der Waals surface area contributed by atoms with E-state index in [1.165, 1.54) is 89.9 Å². The predicted molar refractivity (Wildman–Crippen MR) is 141 cm³/mol. The highest BCUT2D eigenvalue weighted by atomic mass is 16.5. The largest absolute Gasteiger partial charge is 0.394 e. The summed E-state index contributed by atoms with van der Waals surface area (Å²) in [5.74, 6) is 0. The van der Waals surface area contributed by atoms with E-state index in [1.807, 2.05) is 0 Å². The third-order valence-electron chi connectivity index (χ3n) is 6.71. The highest BCUT2D eigenvalue weighted by Gasteiger charge is 2.24. The molecule has 0 aliphatic heterocycles. The first kappa shape index (κ1) is 32.5. The van der Waals surface area contributed by atoms with Gasteiger partial charge in [-0.3, -0.25) is 0 Å². The van der Waals surface area contributed by atoms with Gasteiger partial charge in [-0.25, -0.2) is 0 Å². The second-order valence-electron chi connectivity index (χ2n) is 9.44. The molecule has 0 atom stereocenters. The molecule has 0 aliphatic carbocycles. The van der Waals surface area contributed by atoms with Crippen LogP contribution < -0.4 is 0 Å². The lowest BCUT2D eigenvalue weighted by molar-refractivity contribution is -0.927. The van der Waals surface area contributed by atoms with Crippen molar-refractivity contribution in [3.63, 3.8) is 0 Å². The van der Waals surface area contributed by atoms with Crippen LogP contribution >= 0.6 is 0 Å². The van der Waals surface area contributed by atoms with E-state index in [1.54, 1.807) is 0 Å². The van der Waals surface area contributed by atoms with Crippen LogP contribution in [0.2, 0.25) is 0 Å². The van der Waals surface area contributed by atoms with E-state index < -0.39 is 0 Å². The Morgan fingerprint density at radius 1 is 0.545 bits per heavy atom. The van der Waals surface area contributed by atoms with Crippen LogP contribution in [0.1, 0.15) is 104 Å². The lowest BCUT2D eigenvalue weighted by Gasteiger charge is -2.38. The van der Waals surface area contributed by atoms with Gasteiger partial charge >= 0.3 is 0 Å². The Kier molecular flexibility index (Phi) is 25.8. The number of aliphatic hydroxyl groups is 2. The maximum Gasteiger partial charge on any atom is 0.102 e. The molecule has 33 heavy (non-hydrogen) atoms. The normalized spacial score (nSPS) is 12.2. The number of nitrogens with zero attached hydrogens (tertiary/aromatic N) is 1. The molecular formula is C28H58NO4+. The van der Waals surface area contributed by atoms with Crippen LogP contribution in [0.25, 0.3) is 0 Å². The van der Waals surface area contributed by atoms with E-state index in [4.69, 9.17) is 19.7 Å². The van der Waals surface area contributed by atoms with Crippen molar-refractivity contribution in [1.29, 1.82) is 0 Å². The van der Waals surface area contributed by atoms with Crippen molar-refractivity contribution in [2.24, 2.45) is 0 Å². The molecule has 0 saturated heterocycles. The monoisotopic (exact) mass is 472 g/mol. The zero-order chi connectivity index (χ0) is 24.3. The van der Waals surface area contributed by atoms with Crippen LogP contribution in [0, 0.1) is 0 Å². The molecule has 0 spiro atoms. The highest BCUT2D eigenvalue weighted by Crippen LogP contribution is 2.14. The minimum Gasteiger partial charge on any atom is -0.394 e. The van der Waals surface area contributed by atoms with Gasteiger partial charge < -0.3 is 24.2 Å². The van der Waals surface area contributed by atoms with Crippen LogP contribution in [-0.4, -0.2) is 80.5 Å². The molecule has 0 rings (SSSR count). The van der Waals surface area contributed by atoms with Crippen molar-refractivity contribution in [3.05, 3.63) is 12.2 Å². The molecule has 0 aliphatic rings. The summed E-state index contributed by atoms with van der Waals surface area (Å²) in [6, 6.07) is 0. The fraction of sp³-hybridized carbons (Fsp3) is 0.929. The third kappa shape index (κ3) is 21.8. The Morgan fingerprint density at radius 3 is 1.45 bits per heavy atom. The van der Waals surface area contributed by atoms with Gasteiger partial charge in [0, 0.05) is 0 Å². The molecular weight excluding hydrogens is 414 g/mol. The zero-order valence-electron chi connectivity index (χ0n) is 22.3. The summed E-state index contributed by atoms with van der Waals surface area (Å²) in [5.41, 5.74) is 0. The van der Waals surface area contributed by atoms with Gasteiger partial charge in [-0.05, 0) is 45.4 Å². The summed E-state index contributed by atoms with van der Waals surface area (Å²) in [7, 11) is 0. The number of hydrogen-bond acceptors (Lipinski definition) is 4. The van der Waals surface area contributed by atoms with Gasteiger partial charge in [0.05, 0.1) is 52.7 Å². The number of unbranched alkanes of at least 4 members (excludes halogenated alkanes) is 12. The second-order valence-corrected chi connectivity index (χ2v) is 9.44. The molecule has 0 fully saturated rings. The number of rotatable bonds is 27. The van der Waals surface area contributed by atoms with E-state index in [9.17, 15) is 0 Å². The first-order valence-electron chi connectivity index (χ1n) is 14.1. The first-order chi connectivity index (χ1) is 16.2. The van der Waals surface area contributed by atoms with Crippen LogP contribution in [0.4, 0.5) is 0 Å². The van der Waals surface area contributed by atoms with E-state index in [2.05, 4.69) is 26.0 Å². The van der Waals surface area contributed by atoms with Crippen LogP contribution in [-0.2, 0) is 9.47 Å². The van der Waals surface area contributed by atoms with Gasteiger partial charge in [-0.2, -0.15) is 0 Å². The number of ether oxygens (including phenoxy) is 2. The average Bonchev–Trinajstić information content (AvgIpc) is 2.83. The molecule has 5 nitrogen and oxygen atoms in total. The summed E-state index contributed by atoms with van der Waals surface area (Å²) in [6.07, 6.45) is 23.5. The van der Waals surface area contributed by atoms with Crippen LogP contribution in [0.5, 0.6) is 0 Å². The Morgan fingerprint density at radius 2 is 1.00 bits per heavy atom. The van der Waals surface area contributed by atoms with E-state index in [0.29, 0.717) is 26.4 Å². The fourth-order valence-electron chi connectivity index (χ4n) is 4.35. The molecule has 0 aromatic rings. The van der Waals surface area contributed by atoms with Gasteiger partial charge in [-0.15, -0.1) is 0 Å². The number of allylic oxidation sites excluding steroid dienone is 2. The third-order valence-corrected chi connectivity index (χ3v) is 6.71. The Bertz CT molecular complexity index is 391. The quantitative estimate of drug-likeness (QED) is 0.0890. The number of quaternary nitrogens is 1. The molecule has 0 amide bonds. The molecule has 0 unspecified atom stereocenters. The van der Waals surface area contributed by atoms with Gasteiger partial charge in [0.2, 0.25) is 0 Å². The zero-order valence-corrected chi connectivity index (χ0v) is 22.3. The first-order valence-corrected chi connectivity index (χ1v) is 14.1. The molecule has 0 aromatic carbocycles. The van der Waals surface area contributed by atoms with Crippen molar-refractivity contribution < 1.29 is 24.2 Å². The molecule has 2 N–H and O–H groups in total. The van der Waals surface area contributed by atoms with Crippen LogP contribution in [0.3, 0.4) is 0 Å². The molecule has 5 heteroatoms. The van der Waals surface area contributed by atoms with Gasteiger partial charge in [-0.1, -0.05) is 70.4 Å². The standard InChI is InChI=1S/C28H58NO4/c1-3-5-6-7-8-9-10-11-12-13-14-15-16-17-18-19-20-29(4-2,21-25-32-27-23-30)22-26-33-28-24-31/h11-12,30-31H,3-10,13-28H2,1-2H3/q+1/b12-11-. The lowest BCUT2D eigenvalue weighted by atomic mass is 10.1. The molecule has 0 radical (unpaired) electrons.